The lowest BCUT2D eigenvalue weighted by atomic mass is 9.96. The number of hydrogen-bond donors (Lipinski definition) is 7. The van der Waals surface area contributed by atoms with Crippen LogP contribution in [-0.4, -0.2) is 65.4 Å². The molecule has 196 valence electrons. The van der Waals surface area contributed by atoms with E-state index in [0.717, 1.165) is 0 Å². The molecule has 0 aromatic carbocycles. The molecule has 0 heterocycles. The summed E-state index contributed by atoms with van der Waals surface area (Å²) in [6.45, 7) is 7.65. The molecule has 0 aromatic heterocycles. The van der Waals surface area contributed by atoms with Crippen LogP contribution in [0.5, 0.6) is 0 Å². The smallest absolute Gasteiger partial charge is 0.326 e. The Morgan fingerprint density at radius 3 is 1.94 bits per heavy atom. The van der Waals surface area contributed by atoms with Crippen molar-refractivity contribution in [2.75, 3.05) is 6.54 Å². The van der Waals surface area contributed by atoms with E-state index in [1.807, 2.05) is 20.8 Å². The minimum absolute atomic E-state index is 0.0290. The summed E-state index contributed by atoms with van der Waals surface area (Å²) in [6.07, 6.45) is 1.77. The Bertz CT molecular complexity index is 701. The molecule has 34 heavy (non-hydrogen) atoms. The topological polar surface area (TPSA) is 220 Å². The molecular formula is C22H42N6O6. The Balaban J connectivity index is 5.57. The molecule has 5 unspecified atom stereocenters. The largest absolute Gasteiger partial charge is 0.480 e. The van der Waals surface area contributed by atoms with E-state index in [2.05, 4.69) is 16.0 Å². The zero-order chi connectivity index (χ0) is 26.4. The predicted octanol–water partition coefficient (Wildman–Crippen LogP) is -1.05. The second-order valence-corrected chi connectivity index (χ2v) is 9.02. The molecule has 12 heteroatoms. The van der Waals surface area contributed by atoms with Crippen molar-refractivity contribution in [3.05, 3.63) is 0 Å². The van der Waals surface area contributed by atoms with Gasteiger partial charge in [-0.05, 0) is 44.1 Å². The number of unbranched alkanes of at least 4 members (excludes halogenated alkanes) is 1. The number of primary amides is 1. The SMILES string of the molecule is CCC(C)C(NC(=O)C(N)CC(N)=O)C(=O)NC(CCCCN)C(=O)NC(CC(C)C)C(=O)O. The van der Waals surface area contributed by atoms with Gasteiger partial charge < -0.3 is 38.3 Å². The van der Waals surface area contributed by atoms with Crippen LogP contribution in [0.3, 0.4) is 0 Å². The average molecular weight is 487 g/mol. The van der Waals surface area contributed by atoms with Crippen molar-refractivity contribution in [2.24, 2.45) is 29.0 Å². The van der Waals surface area contributed by atoms with Crippen LogP contribution in [-0.2, 0) is 24.0 Å². The Kier molecular flexibility index (Phi) is 14.7. The number of amides is 4. The lowest BCUT2D eigenvalue weighted by Gasteiger charge is -2.28. The summed E-state index contributed by atoms with van der Waals surface area (Å²) in [4.78, 5) is 61.0. The van der Waals surface area contributed by atoms with Crippen molar-refractivity contribution < 1.29 is 29.1 Å². The zero-order valence-electron chi connectivity index (χ0n) is 20.6. The van der Waals surface area contributed by atoms with Crippen LogP contribution in [0.25, 0.3) is 0 Å². The first-order chi connectivity index (χ1) is 15.8. The quantitative estimate of drug-likeness (QED) is 0.125. The number of carbonyl (C=O) groups excluding carboxylic acids is 4. The minimum atomic E-state index is -1.21. The summed E-state index contributed by atoms with van der Waals surface area (Å²) in [5.41, 5.74) is 16.3. The van der Waals surface area contributed by atoms with E-state index in [-0.39, 0.29) is 31.1 Å². The predicted molar refractivity (Wildman–Crippen MR) is 127 cm³/mol. The molecule has 0 aliphatic carbocycles. The summed E-state index contributed by atoms with van der Waals surface area (Å²) in [6, 6.07) is -4.35. The van der Waals surface area contributed by atoms with Gasteiger partial charge in [0, 0.05) is 0 Å². The molecule has 0 saturated carbocycles. The zero-order valence-corrected chi connectivity index (χ0v) is 20.6. The molecule has 0 rings (SSSR count). The fourth-order valence-electron chi connectivity index (χ4n) is 3.26. The maximum Gasteiger partial charge on any atom is 0.326 e. The second kappa shape index (κ2) is 16.0. The normalized spacial score (nSPS) is 15.5. The third-order valence-electron chi connectivity index (χ3n) is 5.45. The first kappa shape index (κ1) is 31.3. The van der Waals surface area contributed by atoms with Crippen molar-refractivity contribution in [3.63, 3.8) is 0 Å². The van der Waals surface area contributed by atoms with Gasteiger partial charge in [-0.25, -0.2) is 4.79 Å². The molecule has 0 fully saturated rings. The van der Waals surface area contributed by atoms with Gasteiger partial charge in [-0.1, -0.05) is 34.1 Å². The first-order valence-corrected chi connectivity index (χ1v) is 11.7. The second-order valence-electron chi connectivity index (χ2n) is 9.02. The Hall–Kier alpha value is -2.73. The third-order valence-corrected chi connectivity index (χ3v) is 5.45. The molecule has 12 nitrogen and oxygen atoms in total. The molecule has 0 aromatic rings. The van der Waals surface area contributed by atoms with Gasteiger partial charge in [-0.15, -0.1) is 0 Å². The van der Waals surface area contributed by atoms with E-state index in [4.69, 9.17) is 17.2 Å². The van der Waals surface area contributed by atoms with Crippen molar-refractivity contribution >= 4 is 29.6 Å². The molecule has 0 radical (unpaired) electrons. The van der Waals surface area contributed by atoms with Crippen molar-refractivity contribution in [2.45, 2.75) is 90.4 Å². The number of hydrogen-bond acceptors (Lipinski definition) is 7. The summed E-state index contributed by atoms with van der Waals surface area (Å²) >= 11 is 0. The number of rotatable bonds is 17. The maximum absolute atomic E-state index is 13.1. The Morgan fingerprint density at radius 2 is 1.47 bits per heavy atom. The summed E-state index contributed by atoms with van der Waals surface area (Å²) < 4.78 is 0. The minimum Gasteiger partial charge on any atom is -0.480 e. The number of nitrogens with two attached hydrogens (primary N) is 3. The molecule has 0 saturated heterocycles. The Morgan fingerprint density at radius 1 is 0.882 bits per heavy atom. The monoisotopic (exact) mass is 486 g/mol. The van der Waals surface area contributed by atoms with Crippen LogP contribution in [0.4, 0.5) is 0 Å². The highest BCUT2D eigenvalue weighted by Gasteiger charge is 2.32. The number of carboxylic acids is 1. The average Bonchev–Trinajstić information content (AvgIpc) is 2.74. The van der Waals surface area contributed by atoms with Gasteiger partial charge in [0.1, 0.15) is 18.1 Å². The summed E-state index contributed by atoms with van der Waals surface area (Å²) in [5, 5.41) is 17.1. The fourth-order valence-corrected chi connectivity index (χ4v) is 3.26. The van der Waals surface area contributed by atoms with Crippen LogP contribution >= 0.6 is 0 Å². The highest BCUT2D eigenvalue weighted by molar-refractivity contribution is 5.95. The fraction of sp³-hybridized carbons (Fsp3) is 0.773. The Labute approximate surface area is 201 Å². The van der Waals surface area contributed by atoms with Crippen molar-refractivity contribution in [1.29, 1.82) is 0 Å². The number of carbonyl (C=O) groups is 5. The van der Waals surface area contributed by atoms with Gasteiger partial charge in [0.25, 0.3) is 0 Å². The number of nitrogens with one attached hydrogen (secondary N) is 3. The van der Waals surface area contributed by atoms with E-state index in [1.165, 1.54) is 0 Å². The van der Waals surface area contributed by atoms with Crippen LogP contribution in [0.2, 0.25) is 0 Å². The molecule has 0 aliphatic heterocycles. The molecule has 0 spiro atoms. The van der Waals surface area contributed by atoms with Gasteiger partial charge in [0.05, 0.1) is 12.5 Å². The first-order valence-electron chi connectivity index (χ1n) is 11.7. The standard InChI is InChI=1S/C22H42N6O6/c1-5-13(4)18(28-19(30)14(24)11-17(25)29)21(32)26-15(8-6-7-9-23)20(31)27-16(22(33)34)10-12(2)3/h12-16,18H,5-11,23-24H2,1-4H3,(H2,25,29)(H,26,32)(H,27,31)(H,28,30)(H,33,34). The van der Waals surface area contributed by atoms with Gasteiger partial charge in [-0.3, -0.25) is 19.2 Å². The van der Waals surface area contributed by atoms with Gasteiger partial charge in [0.2, 0.25) is 23.6 Å². The lowest BCUT2D eigenvalue weighted by Crippen LogP contribution is -2.58. The van der Waals surface area contributed by atoms with Gasteiger partial charge in [0.15, 0.2) is 0 Å². The van der Waals surface area contributed by atoms with Crippen LogP contribution < -0.4 is 33.2 Å². The highest BCUT2D eigenvalue weighted by Crippen LogP contribution is 2.11. The molecule has 4 amide bonds. The number of carboxylic acid groups (broad SMARTS) is 1. The van der Waals surface area contributed by atoms with Crippen molar-refractivity contribution in [1.82, 2.24) is 16.0 Å². The van der Waals surface area contributed by atoms with E-state index >= 15 is 0 Å². The van der Waals surface area contributed by atoms with Crippen molar-refractivity contribution in [3.8, 4) is 0 Å². The van der Waals surface area contributed by atoms with Gasteiger partial charge in [-0.2, -0.15) is 0 Å². The van der Waals surface area contributed by atoms with Crippen LogP contribution in [0.15, 0.2) is 0 Å². The molecular weight excluding hydrogens is 444 g/mol. The van der Waals surface area contributed by atoms with Crippen LogP contribution in [0.1, 0.15) is 66.2 Å². The number of aliphatic carboxylic acids is 1. The summed E-state index contributed by atoms with van der Waals surface area (Å²) in [5.74, 6) is -4.16. The summed E-state index contributed by atoms with van der Waals surface area (Å²) in [7, 11) is 0. The highest BCUT2D eigenvalue weighted by atomic mass is 16.4. The molecule has 0 aliphatic rings. The maximum atomic E-state index is 13.1. The van der Waals surface area contributed by atoms with Gasteiger partial charge >= 0.3 is 5.97 Å². The van der Waals surface area contributed by atoms with E-state index < -0.39 is 53.8 Å². The van der Waals surface area contributed by atoms with E-state index in [1.54, 1.807) is 6.92 Å². The third kappa shape index (κ3) is 11.9. The lowest BCUT2D eigenvalue weighted by molar-refractivity contribution is -0.143. The van der Waals surface area contributed by atoms with Crippen LogP contribution in [0, 0.1) is 11.8 Å². The molecule has 0 bridgehead atoms. The molecule has 5 atom stereocenters. The van der Waals surface area contributed by atoms with E-state index in [9.17, 15) is 29.1 Å². The molecule has 10 N–H and O–H groups in total. The van der Waals surface area contributed by atoms with E-state index in [0.29, 0.717) is 25.8 Å².